The topological polar surface area (TPSA) is 147 Å². The van der Waals surface area contributed by atoms with Crippen LogP contribution in [0.15, 0.2) is 54.6 Å². The summed E-state index contributed by atoms with van der Waals surface area (Å²) in [6.07, 6.45) is 1.63. The van der Waals surface area contributed by atoms with E-state index in [1.54, 1.807) is 36.4 Å². The predicted molar refractivity (Wildman–Crippen MR) is 126 cm³/mol. The number of rotatable bonds is 9. The molecule has 178 valence electrons. The zero-order chi connectivity index (χ0) is 25.5. The second-order valence-corrected chi connectivity index (χ2v) is 6.92. The monoisotopic (exact) mass is 477 g/mol. The largest absolute Gasteiger partial charge is 0.493 e. The van der Waals surface area contributed by atoms with Crippen LogP contribution >= 0.6 is 0 Å². The van der Waals surface area contributed by atoms with Crippen molar-refractivity contribution in [3.05, 3.63) is 86.0 Å². The van der Waals surface area contributed by atoms with Crippen molar-refractivity contribution in [3.63, 3.8) is 0 Å². The van der Waals surface area contributed by atoms with Gasteiger partial charge in [-0.2, -0.15) is 5.26 Å². The van der Waals surface area contributed by atoms with Crippen LogP contribution in [0.25, 0.3) is 11.6 Å². The average Bonchev–Trinajstić information content (AvgIpc) is 2.87. The molecule has 11 nitrogen and oxygen atoms in total. The molecule has 0 aliphatic carbocycles. The molecule has 3 aromatic rings. The molecule has 0 atom stereocenters. The molecule has 0 unspecified atom stereocenters. The summed E-state index contributed by atoms with van der Waals surface area (Å²) in [7, 11) is 4.40. The van der Waals surface area contributed by atoms with Gasteiger partial charge in [-0.25, -0.2) is 0 Å². The zero-order valence-corrected chi connectivity index (χ0v) is 18.9. The fourth-order valence-corrected chi connectivity index (χ4v) is 3.18. The Balaban J connectivity index is 1.97. The maximum Gasteiger partial charge on any atom is 0.318 e. The minimum atomic E-state index is -0.770. The molecule has 0 amide bonds. The molecule has 0 saturated heterocycles. The highest BCUT2D eigenvalue weighted by Crippen LogP contribution is 2.39. The Hall–Kier alpha value is -5.11. The van der Waals surface area contributed by atoms with E-state index >= 15 is 0 Å². The highest BCUT2D eigenvalue weighted by atomic mass is 16.6. The number of benzene rings is 3. The Morgan fingerprint density at radius 3 is 2.03 bits per heavy atom. The van der Waals surface area contributed by atoms with Gasteiger partial charge in [-0.1, -0.05) is 6.07 Å². The lowest BCUT2D eigenvalue weighted by molar-refractivity contribution is -0.394. The molecule has 0 aliphatic heterocycles. The molecule has 0 fully saturated rings. The van der Waals surface area contributed by atoms with E-state index < -0.39 is 21.2 Å². The van der Waals surface area contributed by atoms with Gasteiger partial charge < -0.3 is 18.9 Å². The first-order valence-corrected chi connectivity index (χ1v) is 9.94. The standard InChI is InChI=1S/C24H19N3O8/c1-32-21-8-5-16(12-24(21)34-3)17(14-25)10-15-4-7-22(23(11-15)33-2)35-20-9-6-18(26(28)29)13-19(20)27(30)31/h4-13H,1-3H3/b17-10+. The number of nitriles is 1. The lowest BCUT2D eigenvalue weighted by Gasteiger charge is -2.12. The van der Waals surface area contributed by atoms with Crippen molar-refractivity contribution in [3.8, 4) is 34.8 Å². The summed E-state index contributed by atoms with van der Waals surface area (Å²) < 4.78 is 21.5. The normalized spacial score (nSPS) is 10.7. The maximum atomic E-state index is 11.4. The molecule has 0 saturated carbocycles. The van der Waals surface area contributed by atoms with Gasteiger partial charge in [0.05, 0.1) is 48.9 Å². The Kier molecular flexibility index (Phi) is 7.48. The van der Waals surface area contributed by atoms with Crippen LogP contribution in [-0.2, 0) is 0 Å². The van der Waals surface area contributed by atoms with Crippen molar-refractivity contribution < 1.29 is 28.8 Å². The molecule has 0 spiro atoms. The van der Waals surface area contributed by atoms with E-state index in [1.165, 1.54) is 27.4 Å². The number of non-ortho nitro benzene ring substituents is 1. The van der Waals surface area contributed by atoms with Gasteiger partial charge in [0, 0.05) is 6.07 Å². The highest BCUT2D eigenvalue weighted by molar-refractivity contribution is 5.90. The van der Waals surface area contributed by atoms with Crippen molar-refractivity contribution >= 4 is 23.0 Å². The minimum absolute atomic E-state index is 0.145. The summed E-state index contributed by atoms with van der Waals surface area (Å²) in [5, 5.41) is 32.0. The summed E-state index contributed by atoms with van der Waals surface area (Å²) in [6.45, 7) is 0. The van der Waals surface area contributed by atoms with Crippen LogP contribution in [0, 0.1) is 31.6 Å². The van der Waals surface area contributed by atoms with E-state index in [-0.39, 0.29) is 17.2 Å². The third kappa shape index (κ3) is 5.45. The van der Waals surface area contributed by atoms with E-state index in [2.05, 4.69) is 6.07 Å². The van der Waals surface area contributed by atoms with Gasteiger partial charge in [-0.05, 0) is 53.6 Å². The Labute approximate surface area is 199 Å². The molecule has 3 aromatic carbocycles. The summed E-state index contributed by atoms with van der Waals surface area (Å²) in [6, 6.07) is 15.0. The molecular formula is C24H19N3O8. The number of methoxy groups -OCH3 is 3. The molecule has 3 rings (SSSR count). The van der Waals surface area contributed by atoms with Crippen LogP contribution in [0.4, 0.5) is 11.4 Å². The molecule has 35 heavy (non-hydrogen) atoms. The first-order valence-electron chi connectivity index (χ1n) is 9.94. The molecule has 0 heterocycles. The first kappa shape index (κ1) is 24.5. The minimum Gasteiger partial charge on any atom is -0.493 e. The number of hydrogen-bond acceptors (Lipinski definition) is 9. The number of nitro benzene ring substituents is 2. The third-order valence-corrected chi connectivity index (χ3v) is 4.88. The Morgan fingerprint density at radius 2 is 1.43 bits per heavy atom. The van der Waals surface area contributed by atoms with Crippen LogP contribution in [-0.4, -0.2) is 31.2 Å². The SMILES string of the molecule is COc1ccc(/C(C#N)=C/c2ccc(Oc3ccc([N+](=O)[O-])cc3[N+](=O)[O-])c(OC)c2)cc1OC. The second kappa shape index (κ2) is 10.7. The van der Waals surface area contributed by atoms with Gasteiger partial charge in [-0.15, -0.1) is 0 Å². The summed E-state index contributed by atoms with van der Waals surface area (Å²) in [4.78, 5) is 20.8. The fourth-order valence-electron chi connectivity index (χ4n) is 3.18. The smallest absolute Gasteiger partial charge is 0.318 e. The maximum absolute atomic E-state index is 11.4. The van der Waals surface area contributed by atoms with Gasteiger partial charge in [0.1, 0.15) is 0 Å². The van der Waals surface area contributed by atoms with Crippen LogP contribution in [0.2, 0.25) is 0 Å². The molecule has 0 bridgehead atoms. The molecule has 11 heteroatoms. The van der Waals surface area contributed by atoms with E-state index in [4.69, 9.17) is 18.9 Å². The lowest BCUT2D eigenvalue weighted by atomic mass is 10.0. The lowest BCUT2D eigenvalue weighted by Crippen LogP contribution is -1.97. The number of allylic oxidation sites excluding steroid dienone is 1. The van der Waals surface area contributed by atoms with E-state index in [0.717, 1.165) is 18.2 Å². The number of ether oxygens (including phenoxy) is 4. The van der Waals surface area contributed by atoms with Gasteiger partial charge in [0.15, 0.2) is 23.0 Å². The molecule has 0 aliphatic rings. The molecule has 0 radical (unpaired) electrons. The third-order valence-electron chi connectivity index (χ3n) is 4.88. The van der Waals surface area contributed by atoms with Crippen molar-refractivity contribution in [2.75, 3.05) is 21.3 Å². The van der Waals surface area contributed by atoms with Crippen LogP contribution in [0.5, 0.6) is 28.7 Å². The summed E-state index contributed by atoms with van der Waals surface area (Å²) >= 11 is 0. The summed E-state index contributed by atoms with van der Waals surface area (Å²) in [5.41, 5.74) is 0.540. The number of hydrogen-bond donors (Lipinski definition) is 0. The van der Waals surface area contributed by atoms with Gasteiger partial charge in [0.25, 0.3) is 5.69 Å². The predicted octanol–water partition coefficient (Wildman–Crippen LogP) is 5.39. The van der Waals surface area contributed by atoms with Crippen molar-refractivity contribution in [1.82, 2.24) is 0 Å². The number of nitro groups is 2. The molecular weight excluding hydrogens is 458 g/mol. The van der Waals surface area contributed by atoms with Crippen LogP contribution in [0.3, 0.4) is 0 Å². The van der Waals surface area contributed by atoms with Gasteiger partial charge in [0.2, 0.25) is 5.75 Å². The molecule has 0 N–H and O–H groups in total. The zero-order valence-electron chi connectivity index (χ0n) is 18.9. The van der Waals surface area contributed by atoms with Crippen molar-refractivity contribution in [2.24, 2.45) is 0 Å². The van der Waals surface area contributed by atoms with E-state index in [1.807, 2.05) is 0 Å². The van der Waals surface area contributed by atoms with Crippen molar-refractivity contribution in [2.45, 2.75) is 0 Å². The molecule has 0 aromatic heterocycles. The van der Waals surface area contributed by atoms with Crippen LogP contribution in [0.1, 0.15) is 11.1 Å². The summed E-state index contributed by atoms with van der Waals surface area (Å²) in [5.74, 6) is 1.18. The second-order valence-electron chi connectivity index (χ2n) is 6.92. The fraction of sp³-hybridized carbons (Fsp3) is 0.125. The number of nitrogens with zero attached hydrogens (tertiary/aromatic N) is 3. The highest BCUT2D eigenvalue weighted by Gasteiger charge is 2.22. The van der Waals surface area contributed by atoms with Gasteiger partial charge in [-0.3, -0.25) is 20.2 Å². The Morgan fingerprint density at radius 1 is 0.800 bits per heavy atom. The van der Waals surface area contributed by atoms with Gasteiger partial charge >= 0.3 is 5.69 Å². The quantitative estimate of drug-likeness (QED) is 0.171. The average molecular weight is 477 g/mol. The van der Waals surface area contributed by atoms with Crippen molar-refractivity contribution in [1.29, 1.82) is 5.26 Å². The first-order chi connectivity index (χ1) is 16.8. The van der Waals surface area contributed by atoms with E-state index in [9.17, 15) is 25.5 Å². The Bertz CT molecular complexity index is 1360. The van der Waals surface area contributed by atoms with Crippen LogP contribution < -0.4 is 18.9 Å². The van der Waals surface area contributed by atoms with E-state index in [0.29, 0.717) is 28.2 Å².